The molecule has 0 amide bonds. The maximum atomic E-state index is 11.4. The van der Waals surface area contributed by atoms with E-state index < -0.39 is 11.4 Å². The second kappa shape index (κ2) is 5.33. The van der Waals surface area contributed by atoms with Crippen LogP contribution in [0.3, 0.4) is 0 Å². The summed E-state index contributed by atoms with van der Waals surface area (Å²) < 4.78 is 0. The molecule has 1 aromatic carbocycles. The van der Waals surface area contributed by atoms with Gasteiger partial charge in [-0.15, -0.1) is 0 Å². The van der Waals surface area contributed by atoms with E-state index in [1.807, 2.05) is 7.05 Å². The first-order valence-electron chi connectivity index (χ1n) is 7.05. The van der Waals surface area contributed by atoms with Crippen LogP contribution >= 0.6 is 0 Å². The van der Waals surface area contributed by atoms with Crippen molar-refractivity contribution in [3.8, 4) is 0 Å². The van der Waals surface area contributed by atoms with E-state index in [0.29, 0.717) is 5.92 Å². The Morgan fingerprint density at radius 2 is 1.84 bits per heavy atom. The van der Waals surface area contributed by atoms with Crippen molar-refractivity contribution in [3.05, 3.63) is 35.4 Å². The number of benzene rings is 1. The Morgan fingerprint density at radius 3 is 2.21 bits per heavy atom. The summed E-state index contributed by atoms with van der Waals surface area (Å²) in [6.45, 7) is 4.39. The molecule has 0 radical (unpaired) electrons. The number of carboxylic acid groups (broad SMARTS) is 1. The second-order valence-corrected chi connectivity index (χ2v) is 5.66. The lowest BCUT2D eigenvalue weighted by molar-refractivity contribution is -0.144. The molecule has 1 aromatic rings. The summed E-state index contributed by atoms with van der Waals surface area (Å²) in [6.07, 6.45) is 2.65. The second-order valence-electron chi connectivity index (χ2n) is 5.66. The minimum atomic E-state index is -0.683. The largest absolute Gasteiger partial charge is 0.481 e. The Balaban J connectivity index is 2.23. The average molecular weight is 261 g/mol. The quantitative estimate of drug-likeness (QED) is 0.826. The van der Waals surface area contributed by atoms with Crippen LogP contribution < -0.4 is 5.32 Å². The van der Waals surface area contributed by atoms with E-state index in [0.717, 1.165) is 24.8 Å². The zero-order chi connectivity index (χ0) is 14.0. The molecule has 19 heavy (non-hydrogen) atoms. The van der Waals surface area contributed by atoms with Crippen LogP contribution in [-0.4, -0.2) is 18.1 Å². The highest BCUT2D eigenvalue weighted by Crippen LogP contribution is 2.55. The van der Waals surface area contributed by atoms with E-state index in [4.69, 9.17) is 0 Å². The van der Waals surface area contributed by atoms with Crippen molar-refractivity contribution in [2.45, 2.75) is 45.1 Å². The van der Waals surface area contributed by atoms with Crippen LogP contribution in [-0.2, 0) is 4.79 Å². The molecule has 3 nitrogen and oxygen atoms in total. The van der Waals surface area contributed by atoms with Gasteiger partial charge in [0.15, 0.2) is 0 Å². The molecule has 3 heteroatoms. The van der Waals surface area contributed by atoms with Crippen molar-refractivity contribution < 1.29 is 9.90 Å². The molecule has 0 aromatic heterocycles. The molecule has 2 unspecified atom stereocenters. The molecule has 2 atom stereocenters. The highest BCUT2D eigenvalue weighted by atomic mass is 16.4. The lowest BCUT2D eigenvalue weighted by atomic mass is 9.88. The number of carboxylic acids is 1. The average Bonchev–Trinajstić information content (AvgIpc) is 3.21. The summed E-state index contributed by atoms with van der Waals surface area (Å²) in [6, 6.07) is 8.32. The fraction of sp³-hybridized carbons (Fsp3) is 0.562. The fourth-order valence-corrected chi connectivity index (χ4v) is 2.78. The molecule has 0 spiro atoms. The van der Waals surface area contributed by atoms with Gasteiger partial charge in [0.05, 0.1) is 5.41 Å². The molecule has 104 valence electrons. The number of nitrogens with one attached hydrogen (secondary N) is 1. The number of rotatable bonds is 6. The topological polar surface area (TPSA) is 49.3 Å². The fourth-order valence-electron chi connectivity index (χ4n) is 2.78. The third kappa shape index (κ3) is 2.52. The van der Waals surface area contributed by atoms with E-state index in [9.17, 15) is 9.90 Å². The SMILES string of the molecule is CCC(C)c1ccc(C(NC)C2(C(=O)O)CC2)cc1. The van der Waals surface area contributed by atoms with Gasteiger partial charge in [0, 0.05) is 6.04 Å². The number of carbonyl (C=O) groups is 1. The molecule has 1 fully saturated rings. The molecule has 2 rings (SSSR count). The number of hydrogen-bond acceptors (Lipinski definition) is 2. The first-order valence-corrected chi connectivity index (χ1v) is 7.05. The molecule has 1 aliphatic carbocycles. The zero-order valence-corrected chi connectivity index (χ0v) is 11.9. The standard InChI is InChI=1S/C16H23NO2/c1-4-11(2)12-5-7-13(8-6-12)14(17-3)16(9-10-16)15(18)19/h5-8,11,14,17H,4,9-10H2,1-3H3,(H,18,19). The molecular formula is C16H23NO2. The highest BCUT2D eigenvalue weighted by molar-refractivity contribution is 5.79. The first kappa shape index (κ1) is 14.1. The van der Waals surface area contributed by atoms with Crippen molar-refractivity contribution in [1.82, 2.24) is 5.32 Å². The molecule has 0 saturated heterocycles. The van der Waals surface area contributed by atoms with Crippen LogP contribution in [0.2, 0.25) is 0 Å². The van der Waals surface area contributed by atoms with Gasteiger partial charge in [-0.2, -0.15) is 0 Å². The minimum absolute atomic E-state index is 0.0871. The van der Waals surface area contributed by atoms with Crippen molar-refractivity contribution in [3.63, 3.8) is 0 Å². The van der Waals surface area contributed by atoms with Gasteiger partial charge in [0.1, 0.15) is 0 Å². The lowest BCUT2D eigenvalue weighted by Gasteiger charge is -2.24. The van der Waals surface area contributed by atoms with Gasteiger partial charge in [-0.3, -0.25) is 4.79 Å². The third-order valence-corrected chi connectivity index (χ3v) is 4.51. The predicted octanol–water partition coefficient (Wildman–Crippen LogP) is 3.33. The normalized spacial score (nSPS) is 19.7. The predicted molar refractivity (Wildman–Crippen MR) is 76.3 cm³/mol. The van der Waals surface area contributed by atoms with Crippen LogP contribution in [0.1, 0.15) is 56.2 Å². The van der Waals surface area contributed by atoms with Gasteiger partial charge < -0.3 is 10.4 Å². The summed E-state index contributed by atoms with van der Waals surface area (Å²) in [5, 5.41) is 12.6. The van der Waals surface area contributed by atoms with Gasteiger partial charge in [-0.1, -0.05) is 38.1 Å². The molecule has 2 N–H and O–H groups in total. The minimum Gasteiger partial charge on any atom is -0.481 e. The zero-order valence-electron chi connectivity index (χ0n) is 11.9. The monoisotopic (exact) mass is 261 g/mol. The Bertz CT molecular complexity index is 448. The summed E-state index contributed by atoms with van der Waals surface area (Å²) in [4.78, 5) is 11.4. The highest BCUT2D eigenvalue weighted by Gasteiger charge is 2.56. The summed E-state index contributed by atoms with van der Waals surface area (Å²) in [7, 11) is 1.84. The van der Waals surface area contributed by atoms with E-state index in [-0.39, 0.29) is 6.04 Å². The molecule has 1 aliphatic rings. The third-order valence-electron chi connectivity index (χ3n) is 4.51. The van der Waals surface area contributed by atoms with Crippen LogP contribution in [0.15, 0.2) is 24.3 Å². The van der Waals surface area contributed by atoms with Gasteiger partial charge in [0.25, 0.3) is 0 Å². The van der Waals surface area contributed by atoms with E-state index >= 15 is 0 Å². The van der Waals surface area contributed by atoms with Crippen molar-refractivity contribution >= 4 is 5.97 Å². The molecule has 1 saturated carbocycles. The summed E-state index contributed by atoms with van der Waals surface area (Å²) in [5.74, 6) is -0.130. The molecular weight excluding hydrogens is 238 g/mol. The van der Waals surface area contributed by atoms with Gasteiger partial charge in [-0.25, -0.2) is 0 Å². The molecule has 0 aliphatic heterocycles. The van der Waals surface area contributed by atoms with E-state index in [1.54, 1.807) is 0 Å². The van der Waals surface area contributed by atoms with Crippen LogP contribution in [0.25, 0.3) is 0 Å². The summed E-state index contributed by atoms with van der Waals surface area (Å²) in [5.41, 5.74) is 1.81. The van der Waals surface area contributed by atoms with Gasteiger partial charge >= 0.3 is 5.97 Å². The Labute approximate surface area is 115 Å². The van der Waals surface area contributed by atoms with Gasteiger partial charge in [-0.05, 0) is 43.4 Å². The van der Waals surface area contributed by atoms with E-state index in [2.05, 4.69) is 43.4 Å². The van der Waals surface area contributed by atoms with Crippen LogP contribution in [0.5, 0.6) is 0 Å². The van der Waals surface area contributed by atoms with E-state index in [1.165, 1.54) is 5.56 Å². The van der Waals surface area contributed by atoms with Crippen molar-refractivity contribution in [1.29, 1.82) is 0 Å². The molecule has 0 bridgehead atoms. The molecule has 0 heterocycles. The van der Waals surface area contributed by atoms with Crippen LogP contribution in [0.4, 0.5) is 0 Å². The van der Waals surface area contributed by atoms with Crippen LogP contribution in [0, 0.1) is 5.41 Å². The Kier molecular flexibility index (Phi) is 3.95. The van der Waals surface area contributed by atoms with Crippen molar-refractivity contribution in [2.75, 3.05) is 7.05 Å². The number of hydrogen-bond donors (Lipinski definition) is 2. The maximum absolute atomic E-state index is 11.4. The first-order chi connectivity index (χ1) is 9.05. The number of aliphatic carboxylic acids is 1. The maximum Gasteiger partial charge on any atom is 0.311 e. The Hall–Kier alpha value is -1.35. The lowest BCUT2D eigenvalue weighted by Crippen LogP contribution is -2.32. The van der Waals surface area contributed by atoms with Gasteiger partial charge in [0.2, 0.25) is 0 Å². The Morgan fingerprint density at radius 1 is 1.32 bits per heavy atom. The van der Waals surface area contributed by atoms with Crippen molar-refractivity contribution in [2.24, 2.45) is 5.41 Å². The smallest absolute Gasteiger partial charge is 0.311 e. The summed E-state index contributed by atoms with van der Waals surface area (Å²) >= 11 is 0.